The molecule has 2 aromatic carbocycles. The van der Waals surface area contributed by atoms with Crippen LogP contribution >= 0.6 is 0 Å². The lowest BCUT2D eigenvalue weighted by Gasteiger charge is -2.09. The summed E-state index contributed by atoms with van der Waals surface area (Å²) in [4.78, 5) is 8.53. The minimum Gasteiger partial charge on any atom is -0.366 e. The molecule has 2 N–H and O–H groups in total. The second-order valence-corrected chi connectivity index (χ2v) is 5.62. The Bertz CT molecular complexity index is 764. The normalized spacial score (nSPS) is 10.3. The summed E-state index contributed by atoms with van der Waals surface area (Å²) in [6.07, 6.45) is 1.56. The molecule has 1 heterocycles. The number of rotatable bonds is 5. The van der Waals surface area contributed by atoms with Crippen molar-refractivity contribution in [1.82, 2.24) is 9.97 Å². The number of nitrogens with zero attached hydrogens (tertiary/aromatic N) is 2. The van der Waals surface area contributed by atoms with Gasteiger partial charge in [0.1, 0.15) is 18.0 Å². The second-order valence-electron chi connectivity index (χ2n) is 5.62. The molecular weight excluding hydrogens is 284 g/mol. The van der Waals surface area contributed by atoms with Gasteiger partial charge in [-0.1, -0.05) is 47.5 Å². The Morgan fingerprint density at radius 3 is 2.09 bits per heavy atom. The van der Waals surface area contributed by atoms with Crippen molar-refractivity contribution in [2.45, 2.75) is 20.4 Å². The van der Waals surface area contributed by atoms with Crippen molar-refractivity contribution in [2.75, 3.05) is 10.6 Å². The highest BCUT2D eigenvalue weighted by Crippen LogP contribution is 2.17. The van der Waals surface area contributed by atoms with Gasteiger partial charge in [-0.15, -0.1) is 0 Å². The zero-order valence-electron chi connectivity index (χ0n) is 13.4. The van der Waals surface area contributed by atoms with E-state index in [1.165, 1.54) is 16.7 Å². The van der Waals surface area contributed by atoms with Gasteiger partial charge in [0.15, 0.2) is 0 Å². The first-order valence-electron chi connectivity index (χ1n) is 7.64. The first-order valence-corrected chi connectivity index (χ1v) is 7.64. The minimum absolute atomic E-state index is 0.737. The van der Waals surface area contributed by atoms with E-state index in [0.29, 0.717) is 0 Å². The van der Waals surface area contributed by atoms with Gasteiger partial charge >= 0.3 is 0 Å². The maximum absolute atomic E-state index is 4.27. The van der Waals surface area contributed by atoms with Gasteiger partial charge in [0, 0.05) is 18.3 Å². The molecular formula is C19H20N4. The fraction of sp³-hybridized carbons (Fsp3) is 0.158. The average Bonchev–Trinajstić information content (AvgIpc) is 2.57. The lowest BCUT2D eigenvalue weighted by molar-refractivity contribution is 1.08. The lowest BCUT2D eigenvalue weighted by Crippen LogP contribution is -2.03. The summed E-state index contributed by atoms with van der Waals surface area (Å²) in [5.41, 5.74) is 4.74. The third-order valence-electron chi connectivity index (χ3n) is 3.59. The lowest BCUT2D eigenvalue weighted by atomic mass is 10.1. The third kappa shape index (κ3) is 4.30. The van der Waals surface area contributed by atoms with E-state index in [9.17, 15) is 0 Å². The molecule has 0 aliphatic heterocycles. The van der Waals surface area contributed by atoms with Crippen molar-refractivity contribution in [1.29, 1.82) is 0 Å². The van der Waals surface area contributed by atoms with E-state index in [1.54, 1.807) is 6.33 Å². The summed E-state index contributed by atoms with van der Waals surface area (Å²) >= 11 is 0. The van der Waals surface area contributed by atoms with Crippen LogP contribution in [0.15, 0.2) is 60.9 Å². The van der Waals surface area contributed by atoms with Crippen LogP contribution in [0.2, 0.25) is 0 Å². The Balaban J connectivity index is 1.65. The SMILES string of the molecule is Cc1ccc(CNc2cc(Nc3ccc(C)cc3)ncn2)cc1. The highest BCUT2D eigenvalue weighted by molar-refractivity contribution is 5.59. The first-order chi connectivity index (χ1) is 11.2. The van der Waals surface area contributed by atoms with E-state index in [-0.39, 0.29) is 0 Å². The highest BCUT2D eigenvalue weighted by Gasteiger charge is 2.00. The largest absolute Gasteiger partial charge is 0.366 e. The zero-order chi connectivity index (χ0) is 16.1. The Kier molecular flexibility index (Phi) is 4.52. The maximum atomic E-state index is 4.27. The summed E-state index contributed by atoms with van der Waals surface area (Å²) < 4.78 is 0. The van der Waals surface area contributed by atoms with E-state index in [2.05, 4.69) is 70.8 Å². The molecule has 0 aliphatic rings. The van der Waals surface area contributed by atoms with Crippen LogP contribution in [0, 0.1) is 13.8 Å². The summed E-state index contributed by atoms with van der Waals surface area (Å²) in [7, 11) is 0. The van der Waals surface area contributed by atoms with Crippen molar-refractivity contribution in [3.8, 4) is 0 Å². The zero-order valence-corrected chi connectivity index (χ0v) is 13.4. The molecule has 0 fully saturated rings. The van der Waals surface area contributed by atoms with Crippen molar-refractivity contribution in [3.05, 3.63) is 77.6 Å². The van der Waals surface area contributed by atoms with E-state index in [4.69, 9.17) is 0 Å². The Hall–Kier alpha value is -2.88. The van der Waals surface area contributed by atoms with Crippen LogP contribution in [0.4, 0.5) is 17.3 Å². The average molecular weight is 304 g/mol. The van der Waals surface area contributed by atoms with Crippen LogP contribution in [-0.2, 0) is 6.54 Å². The van der Waals surface area contributed by atoms with Gasteiger partial charge in [0.25, 0.3) is 0 Å². The molecule has 0 radical (unpaired) electrons. The topological polar surface area (TPSA) is 49.8 Å². The molecule has 0 atom stereocenters. The second kappa shape index (κ2) is 6.92. The van der Waals surface area contributed by atoms with Gasteiger partial charge in [0.05, 0.1) is 0 Å². The number of aryl methyl sites for hydroxylation is 2. The maximum Gasteiger partial charge on any atom is 0.135 e. The van der Waals surface area contributed by atoms with E-state index in [1.807, 2.05) is 18.2 Å². The predicted octanol–water partition coefficient (Wildman–Crippen LogP) is 4.45. The molecule has 3 aromatic rings. The number of aromatic nitrogens is 2. The van der Waals surface area contributed by atoms with Crippen LogP contribution in [0.3, 0.4) is 0 Å². The minimum atomic E-state index is 0.737. The van der Waals surface area contributed by atoms with Crippen LogP contribution in [0.1, 0.15) is 16.7 Å². The van der Waals surface area contributed by atoms with Crippen LogP contribution < -0.4 is 10.6 Å². The monoisotopic (exact) mass is 304 g/mol. The summed E-state index contributed by atoms with van der Waals surface area (Å²) in [6.45, 7) is 4.90. The van der Waals surface area contributed by atoms with Crippen LogP contribution in [0.5, 0.6) is 0 Å². The van der Waals surface area contributed by atoms with Gasteiger partial charge < -0.3 is 10.6 Å². The molecule has 1 aromatic heterocycles. The van der Waals surface area contributed by atoms with Gasteiger partial charge in [-0.25, -0.2) is 9.97 Å². The Morgan fingerprint density at radius 1 is 0.783 bits per heavy atom. The Morgan fingerprint density at radius 2 is 1.39 bits per heavy atom. The summed E-state index contributed by atoms with van der Waals surface area (Å²) in [6, 6.07) is 18.6. The molecule has 0 amide bonds. The summed E-state index contributed by atoms with van der Waals surface area (Å²) in [5.74, 6) is 1.57. The highest BCUT2D eigenvalue weighted by atomic mass is 15.1. The molecule has 0 saturated carbocycles. The summed E-state index contributed by atoms with van der Waals surface area (Å²) in [5, 5.41) is 6.61. The molecule has 0 spiro atoms. The molecule has 116 valence electrons. The van der Waals surface area contributed by atoms with Crippen molar-refractivity contribution >= 4 is 17.3 Å². The van der Waals surface area contributed by atoms with E-state index < -0.39 is 0 Å². The molecule has 23 heavy (non-hydrogen) atoms. The standard InChI is InChI=1S/C19H20N4/c1-14-3-7-16(8-4-14)12-20-18-11-19(22-13-21-18)23-17-9-5-15(2)6-10-17/h3-11,13H,12H2,1-2H3,(H2,20,21,22,23). The van der Waals surface area contributed by atoms with Gasteiger partial charge in [-0.2, -0.15) is 0 Å². The van der Waals surface area contributed by atoms with Gasteiger partial charge in [-0.05, 0) is 31.5 Å². The molecule has 0 aliphatic carbocycles. The van der Waals surface area contributed by atoms with Crippen molar-refractivity contribution < 1.29 is 0 Å². The smallest absolute Gasteiger partial charge is 0.135 e. The quantitative estimate of drug-likeness (QED) is 0.731. The predicted molar refractivity (Wildman–Crippen MR) is 95.0 cm³/mol. The van der Waals surface area contributed by atoms with Gasteiger partial charge in [0.2, 0.25) is 0 Å². The fourth-order valence-electron chi connectivity index (χ4n) is 2.21. The number of anilines is 3. The molecule has 3 rings (SSSR count). The first kappa shape index (κ1) is 15.0. The van der Waals surface area contributed by atoms with Crippen molar-refractivity contribution in [3.63, 3.8) is 0 Å². The van der Waals surface area contributed by atoms with Crippen molar-refractivity contribution in [2.24, 2.45) is 0 Å². The van der Waals surface area contributed by atoms with E-state index in [0.717, 1.165) is 23.9 Å². The van der Waals surface area contributed by atoms with Gasteiger partial charge in [-0.3, -0.25) is 0 Å². The molecule has 0 unspecified atom stereocenters. The third-order valence-corrected chi connectivity index (χ3v) is 3.59. The van der Waals surface area contributed by atoms with Crippen LogP contribution in [0.25, 0.3) is 0 Å². The number of benzene rings is 2. The van der Waals surface area contributed by atoms with E-state index >= 15 is 0 Å². The molecule has 0 bridgehead atoms. The number of hydrogen-bond acceptors (Lipinski definition) is 4. The number of nitrogens with one attached hydrogen (secondary N) is 2. The fourth-order valence-corrected chi connectivity index (χ4v) is 2.21. The van der Waals surface area contributed by atoms with Crippen LogP contribution in [-0.4, -0.2) is 9.97 Å². The Labute approximate surface area is 136 Å². The molecule has 4 nitrogen and oxygen atoms in total. The molecule has 4 heteroatoms. The molecule has 0 saturated heterocycles. The number of hydrogen-bond donors (Lipinski definition) is 2.